The van der Waals surface area contributed by atoms with Gasteiger partial charge in [-0.2, -0.15) is 0 Å². The molecule has 4 nitrogen and oxygen atoms in total. The highest BCUT2D eigenvalue weighted by molar-refractivity contribution is 6.30. The van der Waals surface area contributed by atoms with Gasteiger partial charge in [0.05, 0.1) is 12.1 Å². The van der Waals surface area contributed by atoms with Gasteiger partial charge in [0.2, 0.25) is 5.91 Å². The lowest BCUT2D eigenvalue weighted by atomic mass is 10.1. The number of aromatic hydroxyl groups is 1. The lowest BCUT2D eigenvalue weighted by Crippen LogP contribution is -2.14. The topological polar surface area (TPSA) is 75.3 Å². The molecule has 0 atom stereocenters. The van der Waals surface area contributed by atoms with Crippen LogP contribution in [0.2, 0.25) is 5.02 Å². The van der Waals surface area contributed by atoms with Crippen molar-refractivity contribution in [3.8, 4) is 5.75 Å². The zero-order valence-corrected chi connectivity index (χ0v) is 10.8. The summed E-state index contributed by atoms with van der Waals surface area (Å²) < 4.78 is 0. The van der Waals surface area contributed by atoms with Crippen LogP contribution < -0.4 is 11.1 Å². The second-order valence-corrected chi connectivity index (χ2v) is 4.56. The largest absolute Gasteiger partial charge is 0.506 e. The van der Waals surface area contributed by atoms with Crippen molar-refractivity contribution in [3.63, 3.8) is 0 Å². The Balaban J connectivity index is 2.05. The zero-order valence-electron chi connectivity index (χ0n) is 10.1. The van der Waals surface area contributed by atoms with Crippen LogP contribution in [0.5, 0.6) is 5.75 Å². The molecule has 1 amide bonds. The van der Waals surface area contributed by atoms with Gasteiger partial charge in [-0.1, -0.05) is 23.7 Å². The Morgan fingerprint density at radius 2 is 1.89 bits per heavy atom. The Morgan fingerprint density at radius 3 is 2.58 bits per heavy atom. The number of nitrogen functional groups attached to an aromatic ring is 1. The molecule has 0 radical (unpaired) electrons. The van der Waals surface area contributed by atoms with Crippen molar-refractivity contribution in [2.24, 2.45) is 0 Å². The molecule has 0 fully saturated rings. The maximum Gasteiger partial charge on any atom is 0.228 e. The molecule has 0 heterocycles. The predicted molar refractivity (Wildman–Crippen MR) is 76.3 cm³/mol. The quantitative estimate of drug-likeness (QED) is 0.458. The molecule has 2 rings (SSSR count). The van der Waals surface area contributed by atoms with Crippen molar-refractivity contribution in [1.82, 2.24) is 0 Å². The van der Waals surface area contributed by atoms with Crippen molar-refractivity contribution in [2.75, 3.05) is 11.1 Å². The lowest BCUT2D eigenvalue weighted by Gasteiger charge is -2.08. The number of benzene rings is 2. The smallest absolute Gasteiger partial charge is 0.228 e. The van der Waals surface area contributed by atoms with E-state index in [1.165, 1.54) is 12.1 Å². The van der Waals surface area contributed by atoms with Gasteiger partial charge in [-0.05, 0) is 35.9 Å². The van der Waals surface area contributed by atoms with Crippen LogP contribution in [0.1, 0.15) is 5.56 Å². The number of nitrogens with one attached hydrogen (secondary N) is 1. The summed E-state index contributed by atoms with van der Waals surface area (Å²) in [5.41, 5.74) is 7.21. The number of phenolic OH excluding ortho intramolecular Hbond substituents is 1. The number of phenols is 1. The number of hydrogen-bond acceptors (Lipinski definition) is 3. The van der Waals surface area contributed by atoms with Gasteiger partial charge in [0.1, 0.15) is 5.75 Å². The van der Waals surface area contributed by atoms with Crippen LogP contribution in [-0.2, 0) is 11.2 Å². The summed E-state index contributed by atoms with van der Waals surface area (Å²) in [6, 6.07) is 11.5. The SMILES string of the molecule is Nc1ccc(O)c(NC(=O)Cc2ccc(Cl)cc2)c1. The zero-order chi connectivity index (χ0) is 13.8. The number of halogens is 1. The molecule has 98 valence electrons. The molecule has 2 aromatic rings. The average Bonchev–Trinajstić information content (AvgIpc) is 2.37. The van der Waals surface area contributed by atoms with Crippen LogP contribution in [0.3, 0.4) is 0 Å². The van der Waals surface area contributed by atoms with E-state index in [0.717, 1.165) is 5.56 Å². The number of rotatable bonds is 3. The van der Waals surface area contributed by atoms with Gasteiger partial charge in [-0.15, -0.1) is 0 Å². The van der Waals surface area contributed by atoms with E-state index >= 15 is 0 Å². The minimum absolute atomic E-state index is 0.0151. The highest BCUT2D eigenvalue weighted by atomic mass is 35.5. The molecule has 5 heteroatoms. The minimum Gasteiger partial charge on any atom is -0.506 e. The van der Waals surface area contributed by atoms with E-state index in [2.05, 4.69) is 5.32 Å². The lowest BCUT2D eigenvalue weighted by molar-refractivity contribution is -0.115. The molecular formula is C14H13ClN2O2. The minimum atomic E-state index is -0.233. The molecule has 0 saturated heterocycles. The summed E-state index contributed by atoms with van der Waals surface area (Å²) in [6.07, 6.45) is 0.200. The van der Waals surface area contributed by atoms with E-state index in [0.29, 0.717) is 16.4 Å². The molecule has 0 bridgehead atoms. The van der Waals surface area contributed by atoms with Gasteiger partial charge in [0.15, 0.2) is 0 Å². The van der Waals surface area contributed by atoms with Crippen LogP contribution in [-0.4, -0.2) is 11.0 Å². The first-order valence-electron chi connectivity index (χ1n) is 5.67. The molecule has 0 unspecified atom stereocenters. The third-order valence-corrected chi connectivity index (χ3v) is 2.82. The average molecular weight is 277 g/mol. The van der Waals surface area contributed by atoms with Crippen LogP contribution in [0.25, 0.3) is 0 Å². The van der Waals surface area contributed by atoms with Crippen molar-refractivity contribution in [3.05, 3.63) is 53.1 Å². The van der Waals surface area contributed by atoms with E-state index < -0.39 is 0 Å². The number of carbonyl (C=O) groups excluding carboxylic acids is 1. The molecule has 0 aliphatic carbocycles. The van der Waals surface area contributed by atoms with E-state index in [9.17, 15) is 9.90 Å². The highest BCUT2D eigenvalue weighted by Crippen LogP contribution is 2.25. The number of nitrogens with two attached hydrogens (primary N) is 1. The Labute approximate surface area is 115 Å². The monoisotopic (exact) mass is 276 g/mol. The summed E-state index contributed by atoms with van der Waals surface area (Å²) >= 11 is 5.77. The maximum atomic E-state index is 11.8. The second-order valence-electron chi connectivity index (χ2n) is 4.13. The Bertz CT molecular complexity index is 597. The van der Waals surface area contributed by atoms with Gasteiger partial charge < -0.3 is 16.2 Å². The molecule has 0 saturated carbocycles. The van der Waals surface area contributed by atoms with Crippen LogP contribution >= 0.6 is 11.6 Å². The molecule has 0 aromatic heterocycles. The van der Waals surface area contributed by atoms with Gasteiger partial charge in [-0.25, -0.2) is 0 Å². The molecular weight excluding hydrogens is 264 g/mol. The highest BCUT2D eigenvalue weighted by Gasteiger charge is 2.07. The van der Waals surface area contributed by atoms with E-state index in [4.69, 9.17) is 17.3 Å². The Kier molecular flexibility index (Phi) is 3.92. The Morgan fingerprint density at radius 1 is 1.21 bits per heavy atom. The van der Waals surface area contributed by atoms with Gasteiger partial charge >= 0.3 is 0 Å². The molecule has 0 aliphatic rings. The third kappa shape index (κ3) is 3.63. The molecule has 0 spiro atoms. The maximum absolute atomic E-state index is 11.8. The van der Waals surface area contributed by atoms with E-state index in [-0.39, 0.29) is 18.1 Å². The van der Waals surface area contributed by atoms with Crippen LogP contribution in [0.4, 0.5) is 11.4 Å². The van der Waals surface area contributed by atoms with Crippen molar-refractivity contribution >= 4 is 28.9 Å². The number of anilines is 2. The standard InChI is InChI=1S/C14H13ClN2O2/c15-10-3-1-9(2-4-10)7-14(19)17-12-8-11(16)5-6-13(12)18/h1-6,8,18H,7,16H2,(H,17,19). The first kappa shape index (κ1) is 13.2. The van der Waals surface area contributed by atoms with Gasteiger partial charge in [0, 0.05) is 10.7 Å². The van der Waals surface area contributed by atoms with E-state index in [1.54, 1.807) is 30.3 Å². The number of amides is 1. The first-order valence-corrected chi connectivity index (χ1v) is 6.05. The normalized spacial score (nSPS) is 10.2. The fourth-order valence-electron chi connectivity index (χ4n) is 1.64. The predicted octanol–water partition coefficient (Wildman–Crippen LogP) is 2.81. The fraction of sp³-hybridized carbons (Fsp3) is 0.0714. The summed E-state index contributed by atoms with van der Waals surface area (Å²) in [6.45, 7) is 0. The molecule has 2 aromatic carbocycles. The summed E-state index contributed by atoms with van der Waals surface area (Å²) in [4.78, 5) is 11.8. The number of carbonyl (C=O) groups is 1. The number of hydrogen-bond donors (Lipinski definition) is 3. The molecule has 4 N–H and O–H groups in total. The summed E-state index contributed by atoms with van der Waals surface area (Å²) in [7, 11) is 0. The van der Waals surface area contributed by atoms with Crippen molar-refractivity contribution in [1.29, 1.82) is 0 Å². The fourth-order valence-corrected chi connectivity index (χ4v) is 1.76. The van der Waals surface area contributed by atoms with Crippen molar-refractivity contribution in [2.45, 2.75) is 6.42 Å². The van der Waals surface area contributed by atoms with Gasteiger partial charge in [-0.3, -0.25) is 4.79 Å². The van der Waals surface area contributed by atoms with Crippen LogP contribution in [0.15, 0.2) is 42.5 Å². The van der Waals surface area contributed by atoms with Crippen molar-refractivity contribution < 1.29 is 9.90 Å². The second kappa shape index (κ2) is 5.63. The summed E-state index contributed by atoms with van der Waals surface area (Å²) in [5, 5.41) is 12.8. The molecule has 19 heavy (non-hydrogen) atoms. The molecule has 0 aliphatic heterocycles. The van der Waals surface area contributed by atoms with E-state index in [1.807, 2.05) is 0 Å². The summed E-state index contributed by atoms with van der Waals surface area (Å²) in [5.74, 6) is -0.248. The van der Waals surface area contributed by atoms with Crippen LogP contribution in [0, 0.1) is 0 Å². The third-order valence-electron chi connectivity index (χ3n) is 2.57. The van der Waals surface area contributed by atoms with Gasteiger partial charge in [0.25, 0.3) is 0 Å². The first-order chi connectivity index (χ1) is 9.04. The Hall–Kier alpha value is -2.20.